The molecule has 0 spiro atoms. The lowest BCUT2D eigenvalue weighted by atomic mass is 9.49. The lowest BCUT2D eigenvalue weighted by Gasteiger charge is -2.50. The zero-order valence-corrected chi connectivity index (χ0v) is 34.4. The van der Waals surface area contributed by atoms with Gasteiger partial charge in [0.2, 0.25) is 11.8 Å². The van der Waals surface area contributed by atoms with Gasteiger partial charge in [0, 0.05) is 35.9 Å². The number of hydrogen-bond acceptors (Lipinski definition) is 10. The van der Waals surface area contributed by atoms with Crippen LogP contribution in [0.1, 0.15) is 35.4 Å². The SMILES string of the molecule is COc1cc([C@H]2C3=CC[C@@H]4C(=O)N(c5ccc(N6CCOCC6)cc5)C(=O)[C@@H]4[C@@H]3C[C@H]3C(=O)N(Nc4ncc(C(F)(F)F)cc4Cl)C(=O)[C@@]23c2ccc(Cl)cc2)cc(Cl)c1O. The number of ether oxygens (including phenoxy) is 2. The number of amides is 4. The van der Waals surface area contributed by atoms with E-state index < -0.39 is 81.2 Å². The Labute approximate surface area is 361 Å². The van der Waals surface area contributed by atoms with E-state index in [0.717, 1.165) is 5.69 Å². The summed E-state index contributed by atoms with van der Waals surface area (Å²) in [6.07, 6.45) is -2.37. The van der Waals surface area contributed by atoms with E-state index >= 15 is 9.59 Å². The van der Waals surface area contributed by atoms with Gasteiger partial charge in [-0.3, -0.25) is 29.5 Å². The van der Waals surface area contributed by atoms with Crippen molar-refractivity contribution in [1.29, 1.82) is 0 Å². The van der Waals surface area contributed by atoms with Crippen LogP contribution in [0.4, 0.5) is 30.4 Å². The number of benzene rings is 3. The Hall–Kier alpha value is -5.35. The second-order valence-corrected chi connectivity index (χ2v) is 16.9. The van der Waals surface area contributed by atoms with Crippen LogP contribution in [0.15, 0.2) is 84.6 Å². The molecule has 61 heavy (non-hydrogen) atoms. The third-order valence-electron chi connectivity index (χ3n) is 12.6. The minimum atomic E-state index is -4.77. The molecule has 4 aromatic rings. The predicted octanol–water partition coefficient (Wildman–Crippen LogP) is 7.80. The zero-order chi connectivity index (χ0) is 43.1. The van der Waals surface area contributed by atoms with Crippen molar-refractivity contribution >= 4 is 75.6 Å². The Morgan fingerprint density at radius 2 is 1.57 bits per heavy atom. The van der Waals surface area contributed by atoms with Crippen LogP contribution in [0.5, 0.6) is 11.5 Å². The molecule has 4 amide bonds. The molecule has 2 N–H and O–H groups in total. The summed E-state index contributed by atoms with van der Waals surface area (Å²) in [4.78, 5) is 66.7. The number of fused-ring (bicyclic) bond motifs is 4. The standard InChI is InChI=1S/C43H35Cl3F3N5O7/c1-60-33-17-21(16-31(45)36(33)55)35-27-10-11-28-34(40(58)53(38(28)56)26-8-6-25(7-9-26)52-12-14-61-15-13-52)29(27)19-30-39(57)54(41(59)42(30,35)22-2-4-24(44)5-3-22)51-37-32(46)18-23(20-50-37)43(47,48)49/h2-10,16-18,20,28-30,34-35,55H,11-15,19H2,1H3,(H,50,51)/t28-,29+,30-,34-,35-,42+/m0/s1. The van der Waals surface area contributed by atoms with E-state index in [9.17, 15) is 27.9 Å². The number of carbonyl (C=O) groups excluding carboxylic acids is 4. The number of alkyl halides is 3. The number of morpholine rings is 1. The Balaban J connectivity index is 1.18. The van der Waals surface area contributed by atoms with E-state index in [1.165, 1.54) is 24.1 Å². The van der Waals surface area contributed by atoms with Gasteiger partial charge in [-0.1, -0.05) is 58.6 Å². The van der Waals surface area contributed by atoms with Crippen LogP contribution < -0.4 is 20.0 Å². The molecule has 3 saturated heterocycles. The summed E-state index contributed by atoms with van der Waals surface area (Å²) in [6, 6.07) is 17.1. The number of methoxy groups -OCH3 is 1. The topological polar surface area (TPSA) is 142 Å². The molecule has 4 heterocycles. The van der Waals surface area contributed by atoms with E-state index in [-0.39, 0.29) is 29.4 Å². The highest BCUT2D eigenvalue weighted by Gasteiger charge is 2.70. The van der Waals surface area contributed by atoms with Gasteiger partial charge in [-0.05, 0) is 84.5 Å². The molecule has 2 aliphatic carbocycles. The molecule has 18 heteroatoms. The van der Waals surface area contributed by atoms with Gasteiger partial charge in [0.25, 0.3) is 11.8 Å². The van der Waals surface area contributed by atoms with Crippen molar-refractivity contribution < 1.29 is 46.9 Å². The number of anilines is 3. The first-order valence-corrected chi connectivity index (χ1v) is 20.5. The molecule has 3 aromatic carbocycles. The number of nitrogens with zero attached hydrogens (tertiary/aromatic N) is 4. The summed E-state index contributed by atoms with van der Waals surface area (Å²) >= 11 is 19.3. The second-order valence-electron chi connectivity index (χ2n) is 15.6. The van der Waals surface area contributed by atoms with Crippen LogP contribution in [-0.4, -0.2) is 72.1 Å². The highest BCUT2D eigenvalue weighted by atomic mass is 35.5. The molecule has 1 aromatic heterocycles. The van der Waals surface area contributed by atoms with E-state index in [1.807, 2.05) is 18.2 Å². The number of phenols is 1. The van der Waals surface area contributed by atoms with Crippen molar-refractivity contribution in [1.82, 2.24) is 9.99 Å². The molecule has 4 fully saturated rings. The smallest absolute Gasteiger partial charge is 0.417 e. The number of nitrogens with one attached hydrogen (secondary N) is 1. The molecule has 6 atom stereocenters. The van der Waals surface area contributed by atoms with E-state index in [1.54, 1.807) is 36.4 Å². The molecule has 0 bridgehead atoms. The molecular formula is C43H35Cl3F3N5O7. The van der Waals surface area contributed by atoms with E-state index in [2.05, 4.69) is 15.3 Å². The van der Waals surface area contributed by atoms with Gasteiger partial charge in [-0.15, -0.1) is 0 Å². The average Bonchev–Trinajstić information content (AvgIpc) is 3.63. The molecule has 5 aliphatic rings. The number of phenolic OH excluding ortho intramolecular Hbond substituents is 1. The number of rotatable bonds is 7. The van der Waals surface area contributed by atoms with Crippen LogP contribution in [-0.2, 0) is 35.5 Å². The summed E-state index contributed by atoms with van der Waals surface area (Å²) in [5.41, 5.74) is 2.22. The Kier molecular flexibility index (Phi) is 10.2. The molecule has 1 saturated carbocycles. The largest absolute Gasteiger partial charge is 0.503 e. The van der Waals surface area contributed by atoms with Gasteiger partial charge in [-0.25, -0.2) is 4.98 Å². The minimum Gasteiger partial charge on any atom is -0.503 e. The average molecular weight is 897 g/mol. The second kappa shape index (κ2) is 15.2. The van der Waals surface area contributed by atoms with Gasteiger partial charge < -0.3 is 19.5 Å². The first-order valence-electron chi connectivity index (χ1n) is 19.4. The number of aromatic hydroxyl groups is 1. The maximum absolute atomic E-state index is 15.5. The number of pyridine rings is 1. The monoisotopic (exact) mass is 895 g/mol. The Morgan fingerprint density at radius 1 is 0.885 bits per heavy atom. The minimum absolute atomic E-state index is 0.0342. The van der Waals surface area contributed by atoms with Crippen molar-refractivity contribution in [2.75, 3.05) is 48.6 Å². The van der Waals surface area contributed by atoms with E-state index in [0.29, 0.717) is 71.0 Å². The van der Waals surface area contributed by atoms with Crippen molar-refractivity contribution in [3.8, 4) is 11.5 Å². The third-order valence-corrected chi connectivity index (χ3v) is 13.5. The summed E-state index contributed by atoms with van der Waals surface area (Å²) in [7, 11) is 1.32. The quantitative estimate of drug-likeness (QED) is 0.140. The first-order chi connectivity index (χ1) is 29.1. The fourth-order valence-electron chi connectivity index (χ4n) is 9.96. The Bertz CT molecular complexity index is 2520. The van der Waals surface area contributed by atoms with Gasteiger partial charge in [0.05, 0.1) is 64.8 Å². The van der Waals surface area contributed by atoms with Gasteiger partial charge >= 0.3 is 6.18 Å². The summed E-state index contributed by atoms with van der Waals surface area (Å²) in [5.74, 6) is -8.11. The number of allylic oxidation sites excluding steroid dienone is 2. The maximum atomic E-state index is 15.5. The van der Waals surface area contributed by atoms with Crippen molar-refractivity contribution in [2.45, 2.75) is 30.4 Å². The maximum Gasteiger partial charge on any atom is 0.417 e. The van der Waals surface area contributed by atoms with Gasteiger partial charge in [0.15, 0.2) is 17.3 Å². The highest BCUT2D eigenvalue weighted by molar-refractivity contribution is 6.33. The molecule has 0 radical (unpaired) electrons. The molecule has 0 unspecified atom stereocenters. The lowest BCUT2D eigenvalue weighted by molar-refractivity contribution is -0.139. The number of hydrazine groups is 1. The fraction of sp³-hybridized carbons (Fsp3) is 0.326. The van der Waals surface area contributed by atoms with Crippen LogP contribution in [0.3, 0.4) is 0 Å². The van der Waals surface area contributed by atoms with Crippen molar-refractivity contribution in [3.63, 3.8) is 0 Å². The number of aromatic nitrogens is 1. The lowest BCUT2D eigenvalue weighted by Crippen LogP contribution is -2.53. The molecular weight excluding hydrogens is 862 g/mol. The summed E-state index contributed by atoms with van der Waals surface area (Å²) in [6.45, 7) is 2.55. The van der Waals surface area contributed by atoms with Gasteiger partial charge in [-0.2, -0.15) is 18.2 Å². The van der Waals surface area contributed by atoms with E-state index in [4.69, 9.17) is 44.3 Å². The first kappa shape index (κ1) is 41.0. The summed E-state index contributed by atoms with van der Waals surface area (Å²) < 4.78 is 51.7. The molecule has 9 rings (SSSR count). The van der Waals surface area contributed by atoms with Crippen molar-refractivity contribution in [3.05, 3.63) is 116 Å². The third kappa shape index (κ3) is 6.50. The number of halogens is 6. The van der Waals surface area contributed by atoms with Crippen LogP contribution in [0.2, 0.25) is 15.1 Å². The Morgan fingerprint density at radius 3 is 2.23 bits per heavy atom. The number of imide groups is 2. The summed E-state index contributed by atoms with van der Waals surface area (Å²) in [5, 5.41) is 11.2. The highest BCUT2D eigenvalue weighted by Crippen LogP contribution is 2.65. The molecule has 316 valence electrons. The number of hydrogen-bond donors (Lipinski definition) is 2. The van der Waals surface area contributed by atoms with Gasteiger partial charge in [0.1, 0.15) is 0 Å². The predicted molar refractivity (Wildman–Crippen MR) is 219 cm³/mol. The molecule has 3 aliphatic heterocycles. The van der Waals surface area contributed by atoms with Crippen molar-refractivity contribution in [2.24, 2.45) is 23.7 Å². The fourth-order valence-corrected chi connectivity index (χ4v) is 10.5. The normalized spacial score (nSPS) is 26.2. The van der Waals surface area contributed by atoms with Crippen LogP contribution in [0, 0.1) is 23.7 Å². The molecule has 12 nitrogen and oxygen atoms in total. The van der Waals surface area contributed by atoms with Crippen LogP contribution >= 0.6 is 34.8 Å². The number of carbonyl (C=O) groups is 4. The van der Waals surface area contributed by atoms with Crippen LogP contribution in [0.25, 0.3) is 0 Å². The zero-order valence-electron chi connectivity index (χ0n) is 32.1.